The number of carbonyl (C=O) groups excluding carboxylic acids is 1. The number of aliphatic carboxylic acids is 1. The number of carboxylic acid groups (broad SMARTS) is 1. The van der Waals surface area contributed by atoms with Crippen molar-refractivity contribution in [1.29, 1.82) is 0 Å². The van der Waals surface area contributed by atoms with Gasteiger partial charge in [-0.1, -0.05) is 25.5 Å². The van der Waals surface area contributed by atoms with Gasteiger partial charge in [-0.25, -0.2) is 0 Å². The van der Waals surface area contributed by atoms with Gasteiger partial charge in [-0.2, -0.15) is 0 Å². The van der Waals surface area contributed by atoms with Gasteiger partial charge in [0.2, 0.25) is 5.91 Å². The summed E-state index contributed by atoms with van der Waals surface area (Å²) in [5, 5.41) is 9.33. The topological polar surface area (TPSA) is 57.6 Å². The van der Waals surface area contributed by atoms with Gasteiger partial charge in [-0.05, 0) is 26.2 Å². The first-order valence-electron chi connectivity index (χ1n) is 6.62. The van der Waals surface area contributed by atoms with Gasteiger partial charge in [0, 0.05) is 19.5 Å². The van der Waals surface area contributed by atoms with E-state index in [-0.39, 0.29) is 12.3 Å². The molecule has 0 saturated heterocycles. The van der Waals surface area contributed by atoms with Crippen LogP contribution in [-0.2, 0) is 9.59 Å². The van der Waals surface area contributed by atoms with Crippen LogP contribution >= 0.6 is 0 Å². The monoisotopic (exact) mass is 253 g/mol. The number of hydrogen-bond acceptors (Lipinski definition) is 2. The third-order valence-corrected chi connectivity index (χ3v) is 4.09. The lowest BCUT2D eigenvalue weighted by molar-refractivity contribution is -0.154. The molecule has 0 saturated carbocycles. The Kier molecular flexibility index (Phi) is 4.93. The molecular formula is C14H23NO3. The van der Waals surface area contributed by atoms with Gasteiger partial charge in [-0.3, -0.25) is 9.59 Å². The average molecular weight is 253 g/mol. The van der Waals surface area contributed by atoms with E-state index < -0.39 is 11.4 Å². The number of rotatable bonds is 5. The number of carboxylic acids is 1. The zero-order valence-electron chi connectivity index (χ0n) is 11.5. The fourth-order valence-corrected chi connectivity index (χ4v) is 2.28. The predicted molar refractivity (Wildman–Crippen MR) is 70.2 cm³/mol. The summed E-state index contributed by atoms with van der Waals surface area (Å²) in [4.78, 5) is 25.3. The molecule has 1 rings (SSSR count). The molecule has 0 bridgehead atoms. The van der Waals surface area contributed by atoms with Crippen molar-refractivity contribution in [2.24, 2.45) is 5.41 Å². The highest BCUT2D eigenvalue weighted by molar-refractivity contribution is 5.85. The molecule has 0 aromatic heterocycles. The van der Waals surface area contributed by atoms with Crippen LogP contribution < -0.4 is 0 Å². The van der Waals surface area contributed by atoms with Crippen molar-refractivity contribution >= 4 is 11.9 Å². The minimum atomic E-state index is -0.896. The fourth-order valence-electron chi connectivity index (χ4n) is 2.28. The Morgan fingerprint density at radius 1 is 1.39 bits per heavy atom. The molecule has 1 aliphatic rings. The first kappa shape index (κ1) is 14.7. The summed E-state index contributed by atoms with van der Waals surface area (Å²) in [6.45, 7) is 7.07. The van der Waals surface area contributed by atoms with E-state index >= 15 is 0 Å². The lowest BCUT2D eigenvalue weighted by Crippen LogP contribution is -2.41. The Morgan fingerprint density at radius 2 is 2.00 bits per heavy atom. The van der Waals surface area contributed by atoms with Crippen LogP contribution in [0.3, 0.4) is 0 Å². The maximum atomic E-state index is 12.2. The summed E-state index contributed by atoms with van der Waals surface area (Å²) < 4.78 is 0. The summed E-state index contributed by atoms with van der Waals surface area (Å²) >= 11 is 0. The van der Waals surface area contributed by atoms with Crippen LogP contribution in [0.1, 0.15) is 46.5 Å². The van der Waals surface area contributed by atoms with Crippen molar-refractivity contribution in [2.45, 2.75) is 46.5 Å². The second-order valence-electron chi connectivity index (χ2n) is 5.11. The Labute approximate surface area is 109 Å². The Bertz CT molecular complexity index is 356. The van der Waals surface area contributed by atoms with Gasteiger partial charge in [0.15, 0.2) is 0 Å². The summed E-state index contributed by atoms with van der Waals surface area (Å²) in [5.41, 5.74) is 0.405. The average Bonchev–Trinajstić information content (AvgIpc) is 2.36. The van der Waals surface area contributed by atoms with Crippen LogP contribution in [0.4, 0.5) is 0 Å². The van der Waals surface area contributed by atoms with E-state index in [9.17, 15) is 14.7 Å². The maximum absolute atomic E-state index is 12.2. The van der Waals surface area contributed by atoms with Gasteiger partial charge in [0.25, 0.3) is 0 Å². The molecule has 0 aromatic carbocycles. The largest absolute Gasteiger partial charge is 0.481 e. The predicted octanol–water partition coefficient (Wildman–Crippen LogP) is 2.45. The van der Waals surface area contributed by atoms with Gasteiger partial charge in [0.1, 0.15) is 0 Å². The number of amides is 1. The molecule has 0 radical (unpaired) electrons. The quantitative estimate of drug-likeness (QED) is 0.766. The van der Waals surface area contributed by atoms with Crippen molar-refractivity contribution in [3.05, 3.63) is 11.6 Å². The van der Waals surface area contributed by atoms with Crippen LogP contribution in [0.25, 0.3) is 0 Å². The minimum absolute atomic E-state index is 0.0372. The third kappa shape index (κ3) is 3.12. The Morgan fingerprint density at radius 3 is 2.39 bits per heavy atom. The lowest BCUT2D eigenvalue weighted by atomic mass is 9.79. The van der Waals surface area contributed by atoms with Crippen LogP contribution in [0.2, 0.25) is 0 Å². The van der Waals surface area contributed by atoms with Crippen LogP contribution in [-0.4, -0.2) is 35.0 Å². The Hall–Kier alpha value is -1.32. The highest BCUT2D eigenvalue weighted by Gasteiger charge is 2.38. The summed E-state index contributed by atoms with van der Waals surface area (Å²) in [7, 11) is 0. The molecule has 4 heteroatoms. The van der Waals surface area contributed by atoms with E-state index in [1.165, 1.54) is 5.57 Å². The van der Waals surface area contributed by atoms with Crippen molar-refractivity contribution < 1.29 is 14.7 Å². The molecule has 1 amide bonds. The number of hydrogen-bond donors (Lipinski definition) is 1. The number of nitrogens with zero attached hydrogens (tertiary/aromatic N) is 1. The van der Waals surface area contributed by atoms with E-state index in [2.05, 4.69) is 6.92 Å². The van der Waals surface area contributed by atoms with Gasteiger partial charge in [0.05, 0.1) is 5.41 Å². The van der Waals surface area contributed by atoms with Crippen molar-refractivity contribution in [3.63, 3.8) is 0 Å². The molecule has 102 valence electrons. The maximum Gasteiger partial charge on any atom is 0.310 e. The molecule has 0 aliphatic carbocycles. The molecule has 0 aromatic rings. The summed E-state index contributed by atoms with van der Waals surface area (Å²) in [6.07, 6.45) is 4.04. The molecular weight excluding hydrogens is 230 g/mol. The zero-order valence-corrected chi connectivity index (χ0v) is 11.5. The molecule has 1 aliphatic heterocycles. The molecule has 18 heavy (non-hydrogen) atoms. The van der Waals surface area contributed by atoms with E-state index in [0.29, 0.717) is 25.9 Å². The molecule has 0 spiro atoms. The SMILES string of the molecule is CCC(CC)(CC(=O)N1CC=C(C)CC1)C(=O)O. The van der Waals surface area contributed by atoms with Gasteiger partial charge >= 0.3 is 5.97 Å². The second-order valence-corrected chi connectivity index (χ2v) is 5.11. The summed E-state index contributed by atoms with van der Waals surface area (Å²) in [6, 6.07) is 0. The number of carbonyl (C=O) groups is 2. The fraction of sp³-hybridized carbons (Fsp3) is 0.714. The van der Waals surface area contributed by atoms with E-state index in [4.69, 9.17) is 0 Å². The van der Waals surface area contributed by atoms with Gasteiger partial charge in [-0.15, -0.1) is 0 Å². The smallest absolute Gasteiger partial charge is 0.310 e. The van der Waals surface area contributed by atoms with Crippen molar-refractivity contribution in [2.75, 3.05) is 13.1 Å². The zero-order chi connectivity index (χ0) is 13.8. The second kappa shape index (κ2) is 6.03. The van der Waals surface area contributed by atoms with Crippen LogP contribution in [0.5, 0.6) is 0 Å². The third-order valence-electron chi connectivity index (χ3n) is 4.09. The highest BCUT2D eigenvalue weighted by Crippen LogP contribution is 2.32. The van der Waals surface area contributed by atoms with E-state index in [1.807, 2.05) is 19.9 Å². The molecule has 4 nitrogen and oxygen atoms in total. The first-order valence-corrected chi connectivity index (χ1v) is 6.62. The first-order chi connectivity index (χ1) is 8.45. The molecule has 0 fully saturated rings. The van der Waals surface area contributed by atoms with Crippen LogP contribution in [0, 0.1) is 5.41 Å². The van der Waals surface area contributed by atoms with Crippen molar-refractivity contribution in [1.82, 2.24) is 4.90 Å². The van der Waals surface area contributed by atoms with E-state index in [0.717, 1.165) is 6.42 Å². The molecule has 0 unspecified atom stereocenters. The van der Waals surface area contributed by atoms with Crippen molar-refractivity contribution in [3.8, 4) is 0 Å². The lowest BCUT2D eigenvalue weighted by Gasteiger charge is -2.31. The van der Waals surface area contributed by atoms with Crippen LogP contribution in [0.15, 0.2) is 11.6 Å². The van der Waals surface area contributed by atoms with E-state index in [1.54, 1.807) is 4.90 Å². The Balaban J connectivity index is 2.71. The standard InChI is InChI=1S/C14H23NO3/c1-4-14(5-2,13(17)18)10-12(16)15-8-6-11(3)7-9-15/h6H,4-5,7-10H2,1-3H3,(H,17,18). The van der Waals surface area contributed by atoms with Gasteiger partial charge < -0.3 is 10.0 Å². The molecule has 1 heterocycles. The normalized spacial score (nSPS) is 16.4. The highest BCUT2D eigenvalue weighted by atomic mass is 16.4. The molecule has 1 N–H and O–H groups in total. The molecule has 0 atom stereocenters. The summed E-state index contributed by atoms with van der Waals surface area (Å²) in [5.74, 6) is -0.894. The minimum Gasteiger partial charge on any atom is -0.481 e.